The maximum atomic E-state index is 13.4. The van der Waals surface area contributed by atoms with Gasteiger partial charge in [0.15, 0.2) is 26.5 Å². The van der Waals surface area contributed by atoms with Crippen molar-refractivity contribution in [3.63, 3.8) is 0 Å². The van der Waals surface area contributed by atoms with Crippen molar-refractivity contribution in [2.75, 3.05) is 32.2 Å². The van der Waals surface area contributed by atoms with Gasteiger partial charge in [-0.15, -0.1) is 11.3 Å². The van der Waals surface area contributed by atoms with Crippen LogP contribution in [0, 0.1) is 0 Å². The zero-order valence-electron chi connectivity index (χ0n) is 19.2. The van der Waals surface area contributed by atoms with Crippen molar-refractivity contribution in [1.82, 2.24) is 4.98 Å². The van der Waals surface area contributed by atoms with Crippen molar-refractivity contribution in [3.05, 3.63) is 64.7 Å². The lowest BCUT2D eigenvalue weighted by Crippen LogP contribution is -2.39. The minimum atomic E-state index is -4.73. The highest BCUT2D eigenvalue weighted by molar-refractivity contribution is 7.92. The first-order valence-electron chi connectivity index (χ1n) is 10.9. The van der Waals surface area contributed by atoms with Crippen LogP contribution in [-0.4, -0.2) is 46.0 Å². The molecular formula is C24H25F3N2O4S2. The largest absolute Gasteiger partial charge is 0.493 e. The molecule has 11 heteroatoms. The fourth-order valence-electron chi connectivity index (χ4n) is 4.21. The molecule has 0 aliphatic carbocycles. The van der Waals surface area contributed by atoms with Crippen LogP contribution in [0.1, 0.15) is 29.7 Å². The van der Waals surface area contributed by atoms with Crippen LogP contribution in [-0.2, 0) is 22.4 Å². The van der Waals surface area contributed by atoms with Gasteiger partial charge in [0.1, 0.15) is 0 Å². The maximum Gasteiger partial charge on any atom is 0.417 e. The third-order valence-corrected chi connectivity index (χ3v) is 9.29. The summed E-state index contributed by atoms with van der Waals surface area (Å²) in [6.45, 7) is 0.808. The molecule has 0 radical (unpaired) electrons. The molecule has 1 aliphatic rings. The maximum absolute atomic E-state index is 13.4. The van der Waals surface area contributed by atoms with Gasteiger partial charge in [-0.25, -0.2) is 13.4 Å². The number of nitrogens with zero attached hydrogens (tertiary/aromatic N) is 2. The van der Waals surface area contributed by atoms with Crippen LogP contribution in [0.4, 0.5) is 18.3 Å². The number of methoxy groups -OCH3 is 2. The second kappa shape index (κ2) is 10.1. The topological polar surface area (TPSA) is 68.7 Å². The van der Waals surface area contributed by atoms with Crippen LogP contribution >= 0.6 is 11.3 Å². The van der Waals surface area contributed by atoms with Crippen molar-refractivity contribution in [2.45, 2.75) is 35.6 Å². The molecule has 0 spiro atoms. The van der Waals surface area contributed by atoms with Gasteiger partial charge in [-0.05, 0) is 42.7 Å². The molecule has 0 unspecified atom stereocenters. The Labute approximate surface area is 206 Å². The SMILES string of the molecule is COc1ccc(Cc2csc(N3CCC(S(=O)(=O)c4ccccc4C(F)(F)F)CC3)n2)cc1OC. The van der Waals surface area contributed by atoms with E-state index in [-0.39, 0.29) is 12.8 Å². The van der Waals surface area contributed by atoms with E-state index in [0.29, 0.717) is 31.0 Å². The number of hydrogen-bond acceptors (Lipinski definition) is 7. The molecule has 1 fully saturated rings. The van der Waals surface area contributed by atoms with E-state index >= 15 is 0 Å². The quantitative estimate of drug-likeness (QED) is 0.421. The first kappa shape index (κ1) is 25.3. The first-order valence-corrected chi connectivity index (χ1v) is 13.4. The Hall–Kier alpha value is -2.79. The molecule has 188 valence electrons. The number of thiazole rings is 1. The first-order chi connectivity index (χ1) is 16.6. The molecular weight excluding hydrogens is 501 g/mol. The summed E-state index contributed by atoms with van der Waals surface area (Å²) in [7, 11) is -0.960. The number of aromatic nitrogens is 1. The van der Waals surface area contributed by atoms with Crippen LogP contribution < -0.4 is 14.4 Å². The molecule has 0 atom stereocenters. The Morgan fingerprint density at radius 2 is 1.74 bits per heavy atom. The van der Waals surface area contributed by atoms with E-state index in [1.807, 2.05) is 28.5 Å². The van der Waals surface area contributed by atoms with E-state index in [1.165, 1.54) is 23.5 Å². The van der Waals surface area contributed by atoms with Gasteiger partial charge in [-0.3, -0.25) is 0 Å². The summed E-state index contributed by atoms with van der Waals surface area (Å²) in [5.41, 5.74) is 0.765. The second-order valence-electron chi connectivity index (χ2n) is 8.21. The van der Waals surface area contributed by atoms with E-state index in [4.69, 9.17) is 14.5 Å². The minimum Gasteiger partial charge on any atom is -0.493 e. The molecule has 1 aromatic heterocycles. The summed E-state index contributed by atoms with van der Waals surface area (Å²) >= 11 is 1.46. The van der Waals surface area contributed by atoms with Crippen LogP contribution in [0.15, 0.2) is 52.7 Å². The van der Waals surface area contributed by atoms with Gasteiger partial charge in [0, 0.05) is 24.9 Å². The summed E-state index contributed by atoms with van der Waals surface area (Å²) in [5.74, 6) is 1.28. The average Bonchev–Trinajstić information content (AvgIpc) is 3.32. The molecule has 1 aliphatic heterocycles. The van der Waals surface area contributed by atoms with E-state index in [2.05, 4.69) is 0 Å². The Morgan fingerprint density at radius 1 is 1.06 bits per heavy atom. The Morgan fingerprint density at radius 3 is 2.40 bits per heavy atom. The highest BCUT2D eigenvalue weighted by Crippen LogP contribution is 2.37. The summed E-state index contributed by atoms with van der Waals surface area (Å²) in [4.78, 5) is 6.04. The summed E-state index contributed by atoms with van der Waals surface area (Å²) in [6.07, 6.45) is -3.66. The van der Waals surface area contributed by atoms with Crippen molar-refractivity contribution >= 4 is 26.3 Å². The second-order valence-corrected chi connectivity index (χ2v) is 11.2. The predicted octanol–water partition coefficient (Wildman–Crippen LogP) is 5.21. The number of benzene rings is 2. The smallest absolute Gasteiger partial charge is 0.417 e. The van der Waals surface area contributed by atoms with Gasteiger partial charge in [0.2, 0.25) is 0 Å². The van der Waals surface area contributed by atoms with Crippen molar-refractivity contribution in [1.29, 1.82) is 0 Å². The molecule has 0 saturated carbocycles. The molecule has 0 N–H and O–H groups in total. The number of ether oxygens (including phenoxy) is 2. The van der Waals surface area contributed by atoms with Crippen molar-refractivity contribution in [2.24, 2.45) is 0 Å². The summed E-state index contributed by atoms with van der Waals surface area (Å²) < 4.78 is 76.8. The molecule has 6 nitrogen and oxygen atoms in total. The predicted molar refractivity (Wildman–Crippen MR) is 128 cm³/mol. The normalized spacial score (nSPS) is 15.3. The van der Waals surface area contributed by atoms with Gasteiger partial charge in [-0.1, -0.05) is 18.2 Å². The summed E-state index contributed by atoms with van der Waals surface area (Å²) in [5, 5.41) is 1.86. The van der Waals surface area contributed by atoms with Gasteiger partial charge in [0.25, 0.3) is 0 Å². The molecule has 0 bridgehead atoms. The summed E-state index contributed by atoms with van der Waals surface area (Å²) in [6, 6.07) is 10.1. The molecule has 3 aromatic rings. The fourth-order valence-corrected chi connectivity index (χ4v) is 7.04. The molecule has 1 saturated heterocycles. The Balaban J connectivity index is 1.43. The van der Waals surface area contributed by atoms with Crippen LogP contribution in [0.3, 0.4) is 0 Å². The van der Waals surface area contributed by atoms with E-state index < -0.39 is 31.7 Å². The number of rotatable bonds is 7. The number of hydrogen-bond donors (Lipinski definition) is 0. The van der Waals surface area contributed by atoms with Crippen LogP contribution in [0.5, 0.6) is 11.5 Å². The lowest BCUT2D eigenvalue weighted by atomic mass is 10.1. The zero-order chi connectivity index (χ0) is 25.2. The van der Waals surface area contributed by atoms with E-state index in [0.717, 1.165) is 28.5 Å². The van der Waals surface area contributed by atoms with Gasteiger partial charge < -0.3 is 14.4 Å². The van der Waals surface area contributed by atoms with Gasteiger partial charge in [0.05, 0.1) is 35.6 Å². The van der Waals surface area contributed by atoms with Crippen molar-refractivity contribution in [3.8, 4) is 11.5 Å². The van der Waals surface area contributed by atoms with Crippen molar-refractivity contribution < 1.29 is 31.1 Å². The number of alkyl halides is 3. The molecule has 2 aromatic carbocycles. The Bertz CT molecular complexity index is 1280. The van der Waals surface area contributed by atoms with E-state index in [1.54, 1.807) is 14.2 Å². The number of sulfone groups is 1. The van der Waals surface area contributed by atoms with Gasteiger partial charge >= 0.3 is 6.18 Å². The third-order valence-electron chi connectivity index (χ3n) is 6.02. The van der Waals surface area contributed by atoms with E-state index in [9.17, 15) is 21.6 Å². The highest BCUT2D eigenvalue weighted by Gasteiger charge is 2.40. The number of halogens is 3. The zero-order valence-corrected chi connectivity index (χ0v) is 20.8. The Kier molecular flexibility index (Phi) is 7.27. The molecule has 0 amide bonds. The van der Waals surface area contributed by atoms with Crippen LogP contribution in [0.2, 0.25) is 0 Å². The molecule has 4 rings (SSSR count). The molecule has 35 heavy (non-hydrogen) atoms. The van der Waals surface area contributed by atoms with Crippen LogP contribution in [0.25, 0.3) is 0 Å². The third kappa shape index (κ3) is 5.40. The average molecular weight is 527 g/mol. The highest BCUT2D eigenvalue weighted by atomic mass is 32.2. The minimum absolute atomic E-state index is 0.235. The lowest BCUT2D eigenvalue weighted by molar-refractivity contribution is -0.139. The fraction of sp³-hybridized carbons (Fsp3) is 0.375. The number of anilines is 1. The monoisotopic (exact) mass is 526 g/mol. The lowest BCUT2D eigenvalue weighted by Gasteiger charge is -2.31. The standard InChI is InChI=1S/C24H25F3N2O4S2/c1-32-20-8-7-16(14-21(20)33-2)13-17-15-34-23(28-17)29-11-9-18(10-12-29)35(30,31)22-6-4-3-5-19(22)24(25,26)27/h3-8,14-15,18H,9-13H2,1-2H3. The molecule has 2 heterocycles. The van der Waals surface area contributed by atoms with Gasteiger partial charge in [-0.2, -0.15) is 13.2 Å². The number of piperidine rings is 1.